The second kappa shape index (κ2) is 5.51. The van der Waals surface area contributed by atoms with Crippen molar-refractivity contribution in [3.8, 4) is 0 Å². The van der Waals surface area contributed by atoms with E-state index in [0.717, 1.165) is 5.46 Å². The molecule has 0 unspecified atom stereocenters. The van der Waals surface area contributed by atoms with E-state index < -0.39 is 23.9 Å². The average Bonchev–Trinajstić information content (AvgIpc) is 2.56. The van der Waals surface area contributed by atoms with Crippen LogP contribution in [-0.4, -0.2) is 33.6 Å². The molecule has 0 radical (unpaired) electrons. The van der Waals surface area contributed by atoms with Gasteiger partial charge >= 0.3 is 7.12 Å². The third-order valence-corrected chi connectivity index (χ3v) is 4.50. The van der Waals surface area contributed by atoms with Crippen LogP contribution in [0.3, 0.4) is 0 Å². The number of hydrogen-bond acceptors (Lipinski definition) is 4. The van der Waals surface area contributed by atoms with Gasteiger partial charge in [-0.25, -0.2) is 0 Å². The highest BCUT2D eigenvalue weighted by molar-refractivity contribution is 6.62. The van der Waals surface area contributed by atoms with Gasteiger partial charge in [-0.1, -0.05) is 6.07 Å². The van der Waals surface area contributed by atoms with Crippen LogP contribution in [0.5, 0.6) is 0 Å². The van der Waals surface area contributed by atoms with Gasteiger partial charge in [-0.3, -0.25) is 4.79 Å². The Balaban J connectivity index is 2.22. The number of pyridine rings is 1. The summed E-state index contributed by atoms with van der Waals surface area (Å²) in [6.45, 7) is 11.9. The van der Waals surface area contributed by atoms with Crippen molar-refractivity contribution in [3.63, 3.8) is 0 Å². The first-order valence-electron chi connectivity index (χ1n) is 7.70. The molecular formula is C16H26BNO4. The number of hydrogen-bond donors (Lipinski definition) is 1. The minimum Gasteiger partial charge on any atom is -0.399 e. The minimum absolute atomic E-state index is 0.0930. The van der Waals surface area contributed by atoms with Gasteiger partial charge in [0.15, 0.2) is 0 Å². The molecule has 1 aromatic heterocycles. The van der Waals surface area contributed by atoms with Crippen LogP contribution in [0, 0.1) is 0 Å². The molecule has 0 bridgehead atoms. The fourth-order valence-corrected chi connectivity index (χ4v) is 2.24. The van der Waals surface area contributed by atoms with Gasteiger partial charge in [0.1, 0.15) is 0 Å². The Morgan fingerprint density at radius 3 is 2.23 bits per heavy atom. The molecule has 6 heteroatoms. The van der Waals surface area contributed by atoms with Gasteiger partial charge in [0, 0.05) is 18.8 Å². The SMILES string of the molecule is CC(C)(O)CCn1cc(B2OC(C)(C)C(C)(C)O2)ccc1=O. The topological polar surface area (TPSA) is 60.7 Å². The fourth-order valence-electron chi connectivity index (χ4n) is 2.24. The normalized spacial score (nSPS) is 20.4. The highest BCUT2D eigenvalue weighted by Crippen LogP contribution is 2.36. The van der Waals surface area contributed by atoms with Crippen LogP contribution >= 0.6 is 0 Å². The van der Waals surface area contributed by atoms with E-state index in [9.17, 15) is 9.90 Å². The Bertz CT molecular complexity index is 585. The number of nitrogens with zero attached hydrogens (tertiary/aromatic N) is 1. The molecule has 1 aromatic rings. The minimum atomic E-state index is -0.806. The van der Waals surface area contributed by atoms with Crippen LogP contribution in [0.25, 0.3) is 0 Å². The quantitative estimate of drug-likeness (QED) is 0.852. The van der Waals surface area contributed by atoms with Crippen LogP contribution in [0.15, 0.2) is 23.1 Å². The standard InChI is InChI=1S/C16H26BNO4/c1-14(2,20)9-10-18-11-12(7-8-13(18)19)17-21-15(3,4)16(5,6)22-17/h7-8,11,20H,9-10H2,1-6H3. The second-order valence-corrected chi connectivity index (χ2v) is 7.64. The Hall–Kier alpha value is -1.11. The molecule has 2 heterocycles. The zero-order valence-electron chi connectivity index (χ0n) is 14.3. The van der Waals surface area contributed by atoms with Crippen molar-refractivity contribution < 1.29 is 14.4 Å². The molecule has 2 rings (SSSR count). The van der Waals surface area contributed by atoms with E-state index >= 15 is 0 Å². The maximum absolute atomic E-state index is 12.0. The first-order chi connectivity index (χ1) is 9.91. The fraction of sp³-hybridized carbons (Fsp3) is 0.688. The van der Waals surface area contributed by atoms with Crippen molar-refractivity contribution in [1.82, 2.24) is 4.57 Å². The van der Waals surface area contributed by atoms with E-state index in [2.05, 4.69) is 0 Å². The Morgan fingerprint density at radius 2 is 1.73 bits per heavy atom. The van der Waals surface area contributed by atoms with Crippen molar-refractivity contribution in [2.75, 3.05) is 0 Å². The number of aryl methyl sites for hydroxylation is 1. The maximum atomic E-state index is 12.0. The van der Waals surface area contributed by atoms with Gasteiger partial charge in [0.25, 0.3) is 0 Å². The molecule has 0 aromatic carbocycles. The summed E-state index contributed by atoms with van der Waals surface area (Å²) in [6.07, 6.45) is 2.26. The molecule has 1 N–H and O–H groups in total. The monoisotopic (exact) mass is 307 g/mol. The zero-order valence-corrected chi connectivity index (χ0v) is 14.3. The molecule has 1 aliphatic heterocycles. The molecule has 0 amide bonds. The summed E-state index contributed by atoms with van der Waals surface area (Å²) in [5, 5.41) is 9.82. The summed E-state index contributed by atoms with van der Waals surface area (Å²) in [5.41, 5.74) is -0.907. The van der Waals surface area contributed by atoms with Crippen LogP contribution in [0.2, 0.25) is 0 Å². The van der Waals surface area contributed by atoms with Crippen molar-refractivity contribution in [1.29, 1.82) is 0 Å². The van der Waals surface area contributed by atoms with E-state index in [4.69, 9.17) is 9.31 Å². The van der Waals surface area contributed by atoms with Gasteiger partial charge in [-0.2, -0.15) is 0 Å². The molecule has 0 spiro atoms. The molecule has 1 saturated heterocycles. The second-order valence-electron chi connectivity index (χ2n) is 7.64. The summed E-state index contributed by atoms with van der Waals surface area (Å²) in [6, 6.07) is 3.26. The predicted molar refractivity (Wildman–Crippen MR) is 87.3 cm³/mol. The van der Waals surface area contributed by atoms with Crippen molar-refractivity contribution >= 4 is 12.6 Å². The molecular weight excluding hydrogens is 281 g/mol. The van der Waals surface area contributed by atoms with Crippen molar-refractivity contribution in [2.24, 2.45) is 0 Å². The summed E-state index contributed by atoms with van der Waals surface area (Å²) in [7, 11) is -0.487. The zero-order chi connectivity index (χ0) is 16.8. The third kappa shape index (κ3) is 3.62. The number of rotatable bonds is 4. The molecule has 1 aliphatic rings. The largest absolute Gasteiger partial charge is 0.496 e. The maximum Gasteiger partial charge on any atom is 0.496 e. The number of aliphatic hydroxyl groups is 1. The Labute approximate surface area is 132 Å². The Morgan fingerprint density at radius 1 is 1.18 bits per heavy atom. The molecule has 5 nitrogen and oxygen atoms in total. The van der Waals surface area contributed by atoms with Crippen molar-refractivity contribution in [2.45, 2.75) is 71.3 Å². The molecule has 0 atom stereocenters. The summed E-state index contributed by atoms with van der Waals surface area (Å²) >= 11 is 0. The van der Waals surface area contributed by atoms with Gasteiger partial charge in [0.05, 0.1) is 16.8 Å². The average molecular weight is 307 g/mol. The van der Waals surface area contributed by atoms with Crippen LogP contribution in [0.4, 0.5) is 0 Å². The molecule has 0 aliphatic carbocycles. The highest BCUT2D eigenvalue weighted by atomic mass is 16.7. The third-order valence-electron chi connectivity index (χ3n) is 4.50. The van der Waals surface area contributed by atoms with Gasteiger partial charge in [0.2, 0.25) is 5.56 Å². The Kier molecular flexibility index (Phi) is 4.32. The predicted octanol–water partition coefficient (Wildman–Crippen LogP) is 1.31. The van der Waals surface area contributed by atoms with Gasteiger partial charge in [-0.05, 0) is 53.4 Å². The van der Waals surface area contributed by atoms with Crippen LogP contribution in [-0.2, 0) is 15.9 Å². The lowest BCUT2D eigenvalue weighted by Gasteiger charge is -2.32. The first kappa shape index (κ1) is 17.3. The summed E-state index contributed by atoms with van der Waals surface area (Å²) in [4.78, 5) is 12.0. The summed E-state index contributed by atoms with van der Waals surface area (Å²) in [5.74, 6) is 0. The lowest BCUT2D eigenvalue weighted by atomic mass is 9.80. The molecule has 22 heavy (non-hydrogen) atoms. The van der Waals surface area contributed by atoms with E-state index in [1.807, 2.05) is 27.7 Å². The van der Waals surface area contributed by atoms with Gasteiger partial charge < -0.3 is 19.0 Å². The lowest BCUT2D eigenvalue weighted by Crippen LogP contribution is -2.41. The smallest absolute Gasteiger partial charge is 0.399 e. The molecule has 122 valence electrons. The molecule has 0 saturated carbocycles. The number of aromatic nitrogens is 1. The van der Waals surface area contributed by atoms with Crippen LogP contribution in [0.1, 0.15) is 48.0 Å². The van der Waals surface area contributed by atoms with E-state index in [0.29, 0.717) is 13.0 Å². The lowest BCUT2D eigenvalue weighted by molar-refractivity contribution is 0.00578. The summed E-state index contributed by atoms with van der Waals surface area (Å²) < 4.78 is 13.6. The van der Waals surface area contributed by atoms with E-state index in [1.54, 1.807) is 30.7 Å². The highest BCUT2D eigenvalue weighted by Gasteiger charge is 2.51. The van der Waals surface area contributed by atoms with E-state index in [-0.39, 0.29) is 5.56 Å². The van der Waals surface area contributed by atoms with Crippen LogP contribution < -0.4 is 11.0 Å². The van der Waals surface area contributed by atoms with Gasteiger partial charge in [-0.15, -0.1) is 0 Å². The van der Waals surface area contributed by atoms with E-state index in [1.165, 1.54) is 6.07 Å². The molecule has 1 fully saturated rings. The first-order valence-corrected chi connectivity index (χ1v) is 7.70. The van der Waals surface area contributed by atoms with Crippen molar-refractivity contribution in [3.05, 3.63) is 28.7 Å².